The zero-order valence-corrected chi connectivity index (χ0v) is 13.9. The molecule has 126 valence electrons. The molecule has 0 aliphatic heterocycles. The van der Waals surface area contributed by atoms with Crippen molar-refractivity contribution in [2.75, 3.05) is 5.32 Å². The van der Waals surface area contributed by atoms with Crippen LogP contribution in [-0.2, 0) is 0 Å². The SMILES string of the molecule is Cc1cc(F)ccc1NC(=O)c1cc(C2CC2)nn1-c1ccccc1. The van der Waals surface area contributed by atoms with Crippen LogP contribution in [0.4, 0.5) is 10.1 Å². The third kappa shape index (κ3) is 3.18. The Kier molecular flexibility index (Phi) is 3.84. The smallest absolute Gasteiger partial charge is 0.274 e. The predicted molar refractivity (Wildman–Crippen MR) is 94.6 cm³/mol. The number of anilines is 1. The fraction of sp³-hybridized carbons (Fsp3) is 0.200. The first-order valence-corrected chi connectivity index (χ1v) is 8.35. The van der Waals surface area contributed by atoms with E-state index >= 15 is 0 Å². The maximum absolute atomic E-state index is 13.3. The second kappa shape index (κ2) is 6.16. The number of aryl methyl sites for hydroxylation is 1. The normalized spacial score (nSPS) is 13.7. The van der Waals surface area contributed by atoms with E-state index in [4.69, 9.17) is 0 Å². The van der Waals surface area contributed by atoms with Crippen molar-refractivity contribution in [2.24, 2.45) is 0 Å². The lowest BCUT2D eigenvalue weighted by atomic mass is 10.2. The Morgan fingerprint density at radius 3 is 2.60 bits per heavy atom. The Bertz CT molecular complexity index is 929. The van der Waals surface area contributed by atoms with Crippen molar-refractivity contribution in [1.29, 1.82) is 0 Å². The number of para-hydroxylation sites is 1. The van der Waals surface area contributed by atoms with Crippen LogP contribution in [0.5, 0.6) is 0 Å². The van der Waals surface area contributed by atoms with Gasteiger partial charge in [0.2, 0.25) is 0 Å². The third-order valence-electron chi connectivity index (χ3n) is 4.39. The van der Waals surface area contributed by atoms with Gasteiger partial charge in [0.1, 0.15) is 11.5 Å². The first-order chi connectivity index (χ1) is 12.1. The van der Waals surface area contributed by atoms with Gasteiger partial charge in [0.25, 0.3) is 5.91 Å². The van der Waals surface area contributed by atoms with Gasteiger partial charge in [-0.25, -0.2) is 9.07 Å². The van der Waals surface area contributed by atoms with E-state index in [9.17, 15) is 9.18 Å². The summed E-state index contributed by atoms with van der Waals surface area (Å²) in [5.74, 6) is -0.122. The van der Waals surface area contributed by atoms with E-state index in [2.05, 4.69) is 10.4 Å². The number of aromatic nitrogens is 2. The molecular formula is C20H18FN3O. The quantitative estimate of drug-likeness (QED) is 0.766. The molecule has 2 aromatic carbocycles. The number of nitrogens with one attached hydrogen (secondary N) is 1. The summed E-state index contributed by atoms with van der Waals surface area (Å²) in [6, 6.07) is 15.8. The molecule has 1 aliphatic rings. The molecule has 1 heterocycles. The Hall–Kier alpha value is -2.95. The summed E-state index contributed by atoms with van der Waals surface area (Å²) < 4.78 is 14.9. The van der Waals surface area contributed by atoms with Gasteiger partial charge in [-0.3, -0.25) is 4.79 Å². The second-order valence-electron chi connectivity index (χ2n) is 6.39. The standard InChI is InChI=1S/C20H18FN3O/c1-13-11-15(21)9-10-17(13)22-20(25)19-12-18(14-7-8-14)23-24(19)16-5-3-2-4-6-16/h2-6,9-12,14H,7-8H2,1H3,(H,22,25). The van der Waals surface area contributed by atoms with Crippen molar-refractivity contribution in [1.82, 2.24) is 9.78 Å². The molecule has 0 radical (unpaired) electrons. The van der Waals surface area contributed by atoms with E-state index in [-0.39, 0.29) is 11.7 Å². The number of benzene rings is 2. The highest BCUT2D eigenvalue weighted by atomic mass is 19.1. The van der Waals surface area contributed by atoms with E-state index in [1.807, 2.05) is 36.4 Å². The monoisotopic (exact) mass is 335 g/mol. The maximum Gasteiger partial charge on any atom is 0.274 e. The van der Waals surface area contributed by atoms with Crippen molar-refractivity contribution in [3.8, 4) is 5.69 Å². The van der Waals surface area contributed by atoms with Crippen molar-refractivity contribution in [2.45, 2.75) is 25.7 Å². The van der Waals surface area contributed by atoms with Gasteiger partial charge in [-0.15, -0.1) is 0 Å². The zero-order chi connectivity index (χ0) is 17.4. The Morgan fingerprint density at radius 2 is 1.92 bits per heavy atom. The summed E-state index contributed by atoms with van der Waals surface area (Å²) in [7, 11) is 0. The van der Waals surface area contributed by atoms with Gasteiger partial charge >= 0.3 is 0 Å². The minimum Gasteiger partial charge on any atom is -0.320 e. The van der Waals surface area contributed by atoms with Gasteiger partial charge in [-0.1, -0.05) is 18.2 Å². The summed E-state index contributed by atoms with van der Waals surface area (Å²) in [5, 5.41) is 7.51. The molecule has 4 rings (SSSR count). The fourth-order valence-electron chi connectivity index (χ4n) is 2.86. The van der Waals surface area contributed by atoms with Gasteiger partial charge in [-0.05, 0) is 61.7 Å². The molecule has 1 amide bonds. The van der Waals surface area contributed by atoms with E-state index in [1.54, 1.807) is 17.7 Å². The molecule has 0 spiro atoms. The van der Waals surface area contributed by atoms with E-state index in [1.165, 1.54) is 12.1 Å². The largest absolute Gasteiger partial charge is 0.320 e. The molecule has 1 aromatic heterocycles. The van der Waals surface area contributed by atoms with Crippen LogP contribution in [0.1, 0.15) is 40.5 Å². The van der Waals surface area contributed by atoms with Crippen LogP contribution in [0.3, 0.4) is 0 Å². The Balaban J connectivity index is 1.69. The molecule has 1 N–H and O–H groups in total. The van der Waals surface area contributed by atoms with Gasteiger partial charge in [0.05, 0.1) is 11.4 Å². The Labute approximate surface area is 145 Å². The minimum absolute atomic E-state index is 0.252. The van der Waals surface area contributed by atoms with E-state index in [0.29, 0.717) is 22.9 Å². The predicted octanol–water partition coefficient (Wildman–Crippen LogP) is 4.45. The average molecular weight is 335 g/mol. The fourth-order valence-corrected chi connectivity index (χ4v) is 2.86. The highest BCUT2D eigenvalue weighted by molar-refractivity contribution is 6.04. The van der Waals surface area contributed by atoms with Crippen LogP contribution in [0, 0.1) is 12.7 Å². The molecule has 1 aliphatic carbocycles. The number of rotatable bonds is 4. The number of nitrogens with zero attached hydrogens (tertiary/aromatic N) is 2. The molecule has 4 nitrogen and oxygen atoms in total. The van der Waals surface area contributed by atoms with E-state index in [0.717, 1.165) is 24.2 Å². The third-order valence-corrected chi connectivity index (χ3v) is 4.39. The second-order valence-corrected chi connectivity index (χ2v) is 6.39. The van der Waals surface area contributed by atoms with Crippen LogP contribution in [0.15, 0.2) is 54.6 Å². The number of amides is 1. The van der Waals surface area contributed by atoms with Crippen LogP contribution in [-0.4, -0.2) is 15.7 Å². The van der Waals surface area contributed by atoms with Crippen molar-refractivity contribution in [3.05, 3.63) is 77.4 Å². The van der Waals surface area contributed by atoms with Crippen molar-refractivity contribution >= 4 is 11.6 Å². The topological polar surface area (TPSA) is 46.9 Å². The number of hydrogen-bond acceptors (Lipinski definition) is 2. The first kappa shape index (κ1) is 15.6. The molecule has 1 saturated carbocycles. The molecule has 1 fully saturated rings. The lowest BCUT2D eigenvalue weighted by molar-refractivity contribution is 0.101. The minimum atomic E-state index is -0.319. The van der Waals surface area contributed by atoms with Crippen LogP contribution in [0.2, 0.25) is 0 Å². The highest BCUT2D eigenvalue weighted by Gasteiger charge is 2.29. The number of halogens is 1. The number of carbonyl (C=O) groups is 1. The van der Waals surface area contributed by atoms with Crippen LogP contribution < -0.4 is 5.32 Å². The molecule has 0 atom stereocenters. The summed E-state index contributed by atoms with van der Waals surface area (Å²) >= 11 is 0. The number of carbonyl (C=O) groups excluding carboxylic acids is 1. The van der Waals surface area contributed by atoms with E-state index < -0.39 is 0 Å². The lowest BCUT2D eigenvalue weighted by Crippen LogP contribution is -2.17. The summed E-state index contributed by atoms with van der Waals surface area (Å²) in [5.41, 5.74) is 3.55. The van der Waals surface area contributed by atoms with Gasteiger partial charge in [0, 0.05) is 11.6 Å². The summed E-state index contributed by atoms with van der Waals surface area (Å²) in [4.78, 5) is 12.8. The van der Waals surface area contributed by atoms with Gasteiger partial charge < -0.3 is 5.32 Å². The summed E-state index contributed by atoms with van der Waals surface area (Å²) in [6.07, 6.45) is 2.23. The maximum atomic E-state index is 13.3. The molecule has 0 unspecified atom stereocenters. The molecule has 5 heteroatoms. The highest BCUT2D eigenvalue weighted by Crippen LogP contribution is 2.39. The lowest BCUT2D eigenvalue weighted by Gasteiger charge is -2.10. The zero-order valence-electron chi connectivity index (χ0n) is 13.9. The summed E-state index contributed by atoms with van der Waals surface area (Å²) in [6.45, 7) is 1.77. The van der Waals surface area contributed by atoms with Crippen LogP contribution in [0.25, 0.3) is 5.69 Å². The van der Waals surface area contributed by atoms with Gasteiger partial charge in [-0.2, -0.15) is 5.10 Å². The molecule has 25 heavy (non-hydrogen) atoms. The van der Waals surface area contributed by atoms with Crippen molar-refractivity contribution < 1.29 is 9.18 Å². The molecular weight excluding hydrogens is 317 g/mol. The van der Waals surface area contributed by atoms with Gasteiger partial charge in [0.15, 0.2) is 0 Å². The number of hydrogen-bond donors (Lipinski definition) is 1. The molecule has 0 bridgehead atoms. The first-order valence-electron chi connectivity index (χ1n) is 8.35. The van der Waals surface area contributed by atoms with Crippen LogP contribution >= 0.6 is 0 Å². The Morgan fingerprint density at radius 1 is 1.16 bits per heavy atom. The molecule has 0 saturated heterocycles. The molecule has 3 aromatic rings. The van der Waals surface area contributed by atoms with Crippen molar-refractivity contribution in [3.63, 3.8) is 0 Å². The average Bonchev–Trinajstić information content (AvgIpc) is 3.36.